The van der Waals surface area contributed by atoms with E-state index in [9.17, 15) is 87.9 Å². The first-order valence-corrected chi connectivity index (χ1v) is 44.5. The number of carboxylic acids is 2. The van der Waals surface area contributed by atoms with E-state index in [1.54, 1.807) is 82.4 Å². The van der Waals surface area contributed by atoms with Crippen LogP contribution in [0.4, 0.5) is 44.3 Å². The van der Waals surface area contributed by atoms with E-state index in [0.29, 0.717) is 51.8 Å². The van der Waals surface area contributed by atoms with Crippen molar-refractivity contribution in [2.45, 2.75) is 193 Å². The molecule has 6 aromatic heterocycles. The van der Waals surface area contributed by atoms with Gasteiger partial charge in [-0.1, -0.05) is 74.1 Å². The number of rotatable bonds is 15. The van der Waals surface area contributed by atoms with Gasteiger partial charge in [-0.15, -0.1) is 11.8 Å². The number of amides is 2. The van der Waals surface area contributed by atoms with Crippen molar-refractivity contribution in [2.24, 2.45) is 5.41 Å². The molecule has 8 rings (SSSR count). The van der Waals surface area contributed by atoms with Crippen LogP contribution in [0.1, 0.15) is 235 Å². The molecule has 2 aliphatic heterocycles. The van der Waals surface area contributed by atoms with Gasteiger partial charge in [-0.25, -0.2) is 66.5 Å². The van der Waals surface area contributed by atoms with Crippen molar-refractivity contribution in [1.29, 1.82) is 10.5 Å². The predicted molar refractivity (Wildman–Crippen MR) is 513 cm³/mol. The molecule has 2 amide bonds. The number of aromatic carboxylic acids is 1. The largest absolute Gasteiger partial charge is 2.00 e. The van der Waals surface area contributed by atoms with Crippen LogP contribution in [-0.2, 0) is 68.7 Å². The molecule has 0 radical (unpaired) electrons. The number of carbonyl (C=O) groups excluding carboxylic acids is 8. The Balaban J connectivity index is -0.000000293. The third-order valence-corrected chi connectivity index (χ3v) is 19.8. The van der Waals surface area contributed by atoms with Gasteiger partial charge in [0, 0.05) is 126 Å². The number of aromatic nitrogens is 6. The fraction of sp³-hybridized carbons (Fsp3) is 0.463. The quantitative estimate of drug-likeness (QED) is 0.00784. The number of thioether (sulfide) groups is 3. The van der Waals surface area contributed by atoms with E-state index in [-0.39, 0.29) is 147 Å². The van der Waals surface area contributed by atoms with Gasteiger partial charge in [-0.2, -0.15) is 23.7 Å². The second-order valence-corrected chi connectivity index (χ2v) is 36.0. The number of hydrogen-bond donors (Lipinski definition) is 2. The van der Waals surface area contributed by atoms with Crippen LogP contribution < -0.4 is 41.0 Å². The number of methoxy groups -OCH3 is 1. The summed E-state index contributed by atoms with van der Waals surface area (Å²) >= 11 is 5.23. The van der Waals surface area contributed by atoms with Gasteiger partial charge in [0.15, 0.2) is 11.6 Å². The molecule has 0 unspecified atom stereocenters. The van der Waals surface area contributed by atoms with Crippen LogP contribution in [0.15, 0.2) is 114 Å². The van der Waals surface area contributed by atoms with Crippen LogP contribution in [0, 0.1) is 77.0 Å². The molecule has 0 bridgehead atoms. The number of allylic oxidation sites excluding steroid dienone is 3. The topological polar surface area (TPSA) is 405 Å². The third kappa shape index (κ3) is 59.4. The van der Waals surface area contributed by atoms with E-state index in [1.165, 1.54) is 123 Å². The number of nitrogens with zero attached hydrogens (tertiary/aromatic N) is 12. The summed E-state index contributed by atoms with van der Waals surface area (Å²) in [6.45, 7) is 47.5. The number of carboxylic acid groups (broad SMARTS) is 2. The van der Waals surface area contributed by atoms with E-state index >= 15 is 0 Å². The van der Waals surface area contributed by atoms with Gasteiger partial charge in [0.05, 0.1) is 84.2 Å². The van der Waals surface area contributed by atoms with Crippen molar-refractivity contribution in [1.82, 2.24) is 39.9 Å². The molecule has 0 aliphatic carbocycles. The van der Waals surface area contributed by atoms with Crippen molar-refractivity contribution >= 4 is 134 Å². The summed E-state index contributed by atoms with van der Waals surface area (Å²) in [6, 6.07) is 10.7. The number of Topliss-reactive ketones (excluding diaryl/α,β-unsaturated/α-hetero) is 2. The number of hydroxylamine groups is 2. The molecular weight excluding hydrogens is 2100 g/mol. The maximum Gasteiger partial charge on any atom is 2.00 e. The monoisotopic (exact) mass is 2220 g/mol. The Kier molecular flexibility index (Phi) is 73.4. The average molecular weight is 2220 g/mol. The Hall–Kier alpha value is -10.3. The summed E-state index contributed by atoms with van der Waals surface area (Å²) in [5, 5.41) is 36.9. The summed E-state index contributed by atoms with van der Waals surface area (Å²) in [6.07, 6.45) is 10.6. The van der Waals surface area contributed by atoms with Gasteiger partial charge in [0.1, 0.15) is 77.4 Å². The van der Waals surface area contributed by atoms with Crippen LogP contribution >= 0.6 is 35.3 Å². The number of alkyl halides is 3. The minimum absolute atomic E-state index is 0. The molecule has 30 nitrogen and oxygen atoms in total. The Morgan fingerprint density at radius 3 is 1.29 bits per heavy atom. The van der Waals surface area contributed by atoms with Crippen LogP contribution in [-0.4, -0.2) is 246 Å². The Morgan fingerprint density at radius 2 is 0.964 bits per heavy atom. The number of nitriles is 2. The second-order valence-electron chi connectivity index (χ2n) is 32.8. The number of carbonyl (C=O) groups is 10. The maximum atomic E-state index is 15.0. The standard InChI is InChI=1S/C25H32FN3O4S.C16H19FN2O2.C11H14FNO.C8H9FN2O2.C7H6FNO.C6H4FNO2.C6H12NS2.C5H7NO2.C5H10O2.C3H8O.C2HF3O.CH3.BrH.HI.Mg/c1-8-32-22(30)18(14-27)17(16-12-19(26)21(28-15-16)24(2,3)4)13-20-29(10-9-11-34-20)23(31)33-25(5,6)7;1-6-21-15(20)12(8-18)10(2)11-7-13(17)14(19-9-11)16(3,4)5;1-7(14)8-5-9(12)10(13-6-8)11(2,3)4;1-11(13-2)8(12)6-3-7(9)5-10-4-6;1-5(10)6-2-7(8)4-9-3-6;7-5-1-4(6(9)10)2-8-3-5;1-7-4-3-5-9-6(7)8-2;1-3-8-5(7)4-6-2;1-5(2,3)4(6)7;1-3-4-2;3-2(4,5)1-6;;;;/h12-13,15H,8-11H2,1-7H3;7,9H,6H2,1-5H3;5-6H,1-4H3;3-5H,1-2H3;2-4H,1H3;1-3H,(H,9,10);3-5H2,1-2H3;3-4H2,1H3;1-3H3,(H,6,7);3H2,1-2H3;1H;1H3;2*1H;/q;;;;;;+1;;;;;-1;;;+2/p-2/b18-17+,20-13-;12-10+;;;;;;;;;;;;;. The van der Waals surface area contributed by atoms with Crippen LogP contribution in [0.3, 0.4) is 0 Å². The number of ether oxygens (including phenoxy) is 5. The third-order valence-electron chi connectivity index (χ3n) is 16.1. The van der Waals surface area contributed by atoms with Crippen LogP contribution in [0.2, 0.25) is 0 Å². The normalized spacial score (nSPS) is 12.3. The van der Waals surface area contributed by atoms with Gasteiger partial charge < -0.3 is 87.1 Å². The number of hydrogen-bond acceptors (Lipinski definition) is 27. The zero-order chi connectivity index (χ0) is 106. The van der Waals surface area contributed by atoms with E-state index in [1.807, 2.05) is 98.8 Å². The van der Waals surface area contributed by atoms with Crippen molar-refractivity contribution in [2.75, 3.05) is 92.1 Å². The first-order valence-electron chi connectivity index (χ1n) is 41.3. The molecule has 2 aliphatic rings. The van der Waals surface area contributed by atoms with Crippen molar-refractivity contribution in [3.63, 3.8) is 0 Å². The van der Waals surface area contributed by atoms with Gasteiger partial charge in [0.2, 0.25) is 6.29 Å². The molecule has 45 heteroatoms. The molecule has 0 atom stereocenters. The number of aliphatic carboxylic acids is 1. The first kappa shape index (κ1) is 143. The molecule has 8 heterocycles. The molecule has 770 valence electrons. The molecule has 0 aromatic carbocycles. The maximum absolute atomic E-state index is 15.0. The van der Waals surface area contributed by atoms with Crippen molar-refractivity contribution in [3.8, 4) is 12.1 Å². The molecule has 2 N–H and O–H groups in total. The molecule has 0 saturated carbocycles. The summed E-state index contributed by atoms with van der Waals surface area (Å²) in [5.74, 6) is -5.74. The Morgan fingerprint density at radius 1 is 0.593 bits per heavy atom. The Bertz CT molecular complexity index is 5190. The molecule has 1 saturated heterocycles. The fourth-order valence-electron chi connectivity index (χ4n) is 9.27. The van der Waals surface area contributed by atoms with E-state index in [0.717, 1.165) is 66.8 Å². The van der Waals surface area contributed by atoms with Crippen LogP contribution in [0.5, 0.6) is 0 Å². The summed E-state index contributed by atoms with van der Waals surface area (Å²) in [4.78, 5) is 141. The zero-order valence-electron chi connectivity index (χ0n) is 84.0. The number of ketones is 2. The minimum atomic E-state index is -4.64. The van der Waals surface area contributed by atoms with Gasteiger partial charge in [-0.3, -0.25) is 63.6 Å². The smallest absolute Gasteiger partial charge is 1.00 e. The Labute approximate surface area is 870 Å². The summed E-state index contributed by atoms with van der Waals surface area (Å²) in [5.41, 5.74) is -0.249. The SMILES string of the molecule is CC(=O)c1cnc(C(C)(C)C)c(F)c1.CC(=O)c1cncc(F)c1.CC(C)(C)C(=O)O.CCOC.CCOC(=O)/C(C#N)=C(\C)c1cnc(C(C)(C)C)c(F)c1.CCOC(=O)/C(C#N)=C(\C=C1/SCCCN1C(=O)OC(C)(C)C)c1cnc(C(C)(C)C)c(F)c1.CON(C)C(=O)c1cncc(F)c1.CSC1=[N+](C)CCCS1.O=C(O)c1cncc(F)c1.O=CC(F)(F)F.[Br-].[C-]#[N+]CC(=O)OCC.[CH3-].[I-].[Mg+2]. The van der Waals surface area contributed by atoms with Crippen LogP contribution in [0.25, 0.3) is 16.0 Å². The fourth-order valence-corrected chi connectivity index (χ4v) is 12.2. The molecule has 0 spiro atoms. The molecule has 140 heavy (non-hydrogen) atoms. The summed E-state index contributed by atoms with van der Waals surface area (Å²) < 4.78 is 139. The molecule has 6 aromatic rings. The predicted octanol–water partition coefficient (Wildman–Crippen LogP) is 13.4. The van der Waals surface area contributed by atoms with E-state index in [4.69, 9.17) is 41.1 Å². The summed E-state index contributed by atoms with van der Waals surface area (Å²) in [7, 11) is 6.63. The van der Waals surface area contributed by atoms with Crippen molar-refractivity contribution < 1.29 is 172 Å². The van der Waals surface area contributed by atoms with Gasteiger partial charge >= 0.3 is 71.7 Å². The first-order chi connectivity index (χ1) is 62.9. The average Bonchev–Trinajstić information content (AvgIpc) is 0.792. The number of halogens is 11. The van der Waals surface area contributed by atoms with E-state index in [2.05, 4.69) is 66.9 Å². The molecule has 1 fully saturated rings. The number of esters is 3. The van der Waals surface area contributed by atoms with Crippen molar-refractivity contribution in [3.05, 3.63) is 219 Å². The van der Waals surface area contributed by atoms with Gasteiger partial charge in [-0.05, 0) is 162 Å². The zero-order valence-corrected chi connectivity index (χ0v) is 91.6. The number of pyridine rings is 6. The van der Waals surface area contributed by atoms with Gasteiger partial charge in [0.25, 0.3) is 10.3 Å². The molecular formula is C95H125BrF9IMgN12O18S3. The van der Waals surface area contributed by atoms with E-state index < -0.39 is 111 Å². The number of aldehydes is 1. The second kappa shape index (κ2) is 72.0. The minimum Gasteiger partial charge on any atom is -1.00 e.